The third-order valence-electron chi connectivity index (χ3n) is 2.37. The highest BCUT2D eigenvalue weighted by Gasteiger charge is 2.19. The van der Waals surface area contributed by atoms with Crippen LogP contribution in [0.3, 0.4) is 0 Å². The monoisotopic (exact) mass is 327 g/mol. The summed E-state index contributed by atoms with van der Waals surface area (Å²) in [4.78, 5) is 3.57. The van der Waals surface area contributed by atoms with Crippen molar-refractivity contribution in [2.75, 3.05) is 4.72 Å². The lowest BCUT2D eigenvalue weighted by Gasteiger charge is -2.10. The Kier molecular flexibility index (Phi) is 4.14. The molecule has 1 N–H and O–H groups in total. The Balaban J connectivity index is 2.40. The van der Waals surface area contributed by atoms with Crippen LogP contribution in [0.15, 0.2) is 41.6 Å². The van der Waals surface area contributed by atoms with Crippen LogP contribution in [0.25, 0.3) is 0 Å². The van der Waals surface area contributed by atoms with Crippen molar-refractivity contribution in [2.45, 2.75) is 4.90 Å². The Hall–Kier alpha value is -1.81. The van der Waals surface area contributed by atoms with Gasteiger partial charge in [-0.1, -0.05) is 23.2 Å². The highest BCUT2D eigenvalue weighted by atomic mass is 35.5. The van der Waals surface area contributed by atoms with Gasteiger partial charge < -0.3 is 0 Å². The standard InChI is InChI=1S/C12H7Cl2N3O2S/c13-9-3-4-16-7-12(9)20(18,19)17-11-2-1-8(6-15)5-10(11)14/h1-5,7,17H. The Labute approximate surface area is 125 Å². The molecule has 1 aromatic carbocycles. The van der Waals surface area contributed by atoms with Crippen molar-refractivity contribution in [3.05, 3.63) is 52.3 Å². The molecule has 0 bridgehead atoms. The molecule has 2 rings (SSSR count). The van der Waals surface area contributed by atoms with Gasteiger partial charge in [-0.05, 0) is 24.3 Å². The molecule has 1 aromatic heterocycles. The van der Waals surface area contributed by atoms with E-state index in [4.69, 9.17) is 28.5 Å². The van der Waals surface area contributed by atoms with Crippen LogP contribution < -0.4 is 4.72 Å². The normalized spacial score (nSPS) is 10.8. The summed E-state index contributed by atoms with van der Waals surface area (Å²) in [5, 5.41) is 8.90. The molecule has 0 radical (unpaired) electrons. The third-order valence-corrected chi connectivity index (χ3v) is 4.51. The summed E-state index contributed by atoms with van der Waals surface area (Å²) in [5.74, 6) is 0. The Morgan fingerprint density at radius 1 is 1.20 bits per heavy atom. The zero-order valence-corrected chi connectivity index (χ0v) is 12.2. The van der Waals surface area contributed by atoms with E-state index in [1.165, 1.54) is 30.5 Å². The third kappa shape index (κ3) is 3.02. The number of nitrogens with one attached hydrogen (secondary N) is 1. The molecular formula is C12H7Cl2N3O2S. The SMILES string of the molecule is N#Cc1ccc(NS(=O)(=O)c2cnccc2Cl)c(Cl)c1. The fourth-order valence-electron chi connectivity index (χ4n) is 1.43. The molecule has 0 unspecified atom stereocenters. The van der Waals surface area contributed by atoms with Gasteiger partial charge >= 0.3 is 0 Å². The van der Waals surface area contributed by atoms with Crippen LogP contribution in [0.5, 0.6) is 0 Å². The van der Waals surface area contributed by atoms with Crippen molar-refractivity contribution in [1.29, 1.82) is 5.26 Å². The van der Waals surface area contributed by atoms with Gasteiger partial charge in [0.15, 0.2) is 0 Å². The van der Waals surface area contributed by atoms with Gasteiger partial charge in [0.2, 0.25) is 0 Å². The van der Waals surface area contributed by atoms with E-state index in [0.29, 0.717) is 5.56 Å². The van der Waals surface area contributed by atoms with Gasteiger partial charge in [0.05, 0.1) is 27.4 Å². The minimum Gasteiger partial charge on any atom is -0.278 e. The number of aromatic nitrogens is 1. The van der Waals surface area contributed by atoms with Gasteiger partial charge in [0.25, 0.3) is 10.0 Å². The molecule has 0 aliphatic rings. The van der Waals surface area contributed by atoms with E-state index in [2.05, 4.69) is 9.71 Å². The predicted octanol–water partition coefficient (Wildman–Crippen LogP) is 3.06. The molecule has 5 nitrogen and oxygen atoms in total. The van der Waals surface area contributed by atoms with Gasteiger partial charge in [0, 0.05) is 12.4 Å². The molecule has 0 aliphatic carbocycles. The summed E-state index contributed by atoms with van der Waals surface area (Å²) in [5.41, 5.74) is 0.489. The van der Waals surface area contributed by atoms with Crippen molar-refractivity contribution in [3.8, 4) is 6.07 Å². The number of nitriles is 1. The second-order valence-electron chi connectivity index (χ2n) is 3.72. The van der Waals surface area contributed by atoms with E-state index < -0.39 is 10.0 Å². The fourth-order valence-corrected chi connectivity index (χ4v) is 3.22. The van der Waals surface area contributed by atoms with E-state index >= 15 is 0 Å². The van der Waals surface area contributed by atoms with E-state index in [0.717, 1.165) is 6.20 Å². The molecule has 0 saturated carbocycles. The summed E-state index contributed by atoms with van der Waals surface area (Å²) in [6.07, 6.45) is 2.53. The molecule has 102 valence electrons. The van der Waals surface area contributed by atoms with Gasteiger partial charge in [0.1, 0.15) is 4.90 Å². The molecular weight excluding hydrogens is 321 g/mol. The molecule has 20 heavy (non-hydrogen) atoms. The molecule has 0 atom stereocenters. The van der Waals surface area contributed by atoms with Crippen molar-refractivity contribution in [3.63, 3.8) is 0 Å². The predicted molar refractivity (Wildman–Crippen MR) is 76.2 cm³/mol. The number of rotatable bonds is 3. The largest absolute Gasteiger partial charge is 0.278 e. The van der Waals surface area contributed by atoms with Crippen LogP contribution in [-0.4, -0.2) is 13.4 Å². The maximum absolute atomic E-state index is 12.2. The lowest BCUT2D eigenvalue weighted by Crippen LogP contribution is -2.14. The minimum absolute atomic E-state index is 0.0530. The van der Waals surface area contributed by atoms with Gasteiger partial charge in [-0.2, -0.15) is 5.26 Å². The summed E-state index contributed by atoms with van der Waals surface area (Å²) in [6.45, 7) is 0. The Bertz CT molecular complexity index is 801. The number of halogens is 2. The van der Waals surface area contributed by atoms with Crippen LogP contribution in [-0.2, 0) is 10.0 Å². The maximum atomic E-state index is 12.2. The molecule has 0 fully saturated rings. The molecule has 1 heterocycles. The number of benzene rings is 1. The van der Waals surface area contributed by atoms with Crippen molar-refractivity contribution in [1.82, 2.24) is 4.98 Å². The van der Waals surface area contributed by atoms with Crippen LogP contribution in [0.4, 0.5) is 5.69 Å². The first-order chi connectivity index (χ1) is 9.44. The number of anilines is 1. The van der Waals surface area contributed by atoms with Gasteiger partial charge in [-0.15, -0.1) is 0 Å². The molecule has 0 saturated heterocycles. The lowest BCUT2D eigenvalue weighted by molar-refractivity contribution is 0.601. The number of hydrogen-bond donors (Lipinski definition) is 1. The molecule has 2 aromatic rings. The molecule has 0 aliphatic heterocycles. The smallest absolute Gasteiger partial charge is 0.264 e. The summed E-state index contributed by atoms with van der Waals surface area (Å²) >= 11 is 11.7. The van der Waals surface area contributed by atoms with Crippen LogP contribution in [0, 0.1) is 11.3 Å². The first-order valence-electron chi connectivity index (χ1n) is 5.26. The number of hydrogen-bond acceptors (Lipinski definition) is 4. The van der Waals surface area contributed by atoms with Crippen LogP contribution in [0.2, 0.25) is 10.0 Å². The molecule has 0 amide bonds. The first kappa shape index (κ1) is 14.6. The zero-order valence-electron chi connectivity index (χ0n) is 9.84. The highest BCUT2D eigenvalue weighted by Crippen LogP contribution is 2.27. The van der Waals surface area contributed by atoms with E-state index in [9.17, 15) is 8.42 Å². The number of nitrogens with zero attached hydrogens (tertiary/aromatic N) is 2. The van der Waals surface area contributed by atoms with Crippen LogP contribution in [0.1, 0.15) is 5.56 Å². The van der Waals surface area contributed by atoms with E-state index in [-0.39, 0.29) is 20.6 Å². The van der Waals surface area contributed by atoms with Crippen LogP contribution >= 0.6 is 23.2 Å². The van der Waals surface area contributed by atoms with Crippen molar-refractivity contribution < 1.29 is 8.42 Å². The average molecular weight is 328 g/mol. The quantitative estimate of drug-likeness (QED) is 0.939. The van der Waals surface area contributed by atoms with E-state index in [1.807, 2.05) is 6.07 Å². The van der Waals surface area contributed by atoms with Crippen molar-refractivity contribution in [2.24, 2.45) is 0 Å². The second kappa shape index (κ2) is 5.67. The maximum Gasteiger partial charge on any atom is 0.264 e. The Morgan fingerprint density at radius 3 is 2.55 bits per heavy atom. The lowest BCUT2D eigenvalue weighted by atomic mass is 10.2. The molecule has 8 heteroatoms. The second-order valence-corrected chi connectivity index (χ2v) is 6.18. The Morgan fingerprint density at radius 2 is 1.95 bits per heavy atom. The first-order valence-corrected chi connectivity index (χ1v) is 7.50. The number of pyridine rings is 1. The topological polar surface area (TPSA) is 82.9 Å². The van der Waals surface area contributed by atoms with Gasteiger partial charge in [-0.25, -0.2) is 8.42 Å². The average Bonchev–Trinajstić information content (AvgIpc) is 2.41. The fraction of sp³-hybridized carbons (Fsp3) is 0. The molecule has 0 spiro atoms. The van der Waals surface area contributed by atoms with Gasteiger partial charge in [-0.3, -0.25) is 9.71 Å². The highest BCUT2D eigenvalue weighted by molar-refractivity contribution is 7.92. The minimum atomic E-state index is -3.90. The zero-order chi connectivity index (χ0) is 14.8. The summed E-state index contributed by atoms with van der Waals surface area (Å²) < 4.78 is 26.6. The summed E-state index contributed by atoms with van der Waals surface area (Å²) in [6, 6.07) is 7.50. The summed E-state index contributed by atoms with van der Waals surface area (Å²) in [7, 11) is -3.90. The number of sulfonamides is 1. The van der Waals surface area contributed by atoms with Crippen molar-refractivity contribution >= 4 is 38.9 Å². The van der Waals surface area contributed by atoms with E-state index in [1.54, 1.807) is 0 Å².